The zero-order chi connectivity index (χ0) is 52.3. The summed E-state index contributed by atoms with van der Waals surface area (Å²) in [4.78, 5) is 22.2. The number of phenols is 4. The van der Waals surface area contributed by atoms with Crippen molar-refractivity contribution in [2.24, 2.45) is 0 Å². The van der Waals surface area contributed by atoms with E-state index in [1.165, 1.54) is 11.1 Å². The number of carbonyl (C=O) groups is 2. The minimum Gasteiger partial charge on any atom is -0.508 e. The first-order chi connectivity index (χ1) is 34.1. The van der Waals surface area contributed by atoms with Crippen LogP contribution in [-0.4, -0.2) is 82.7 Å². The average molecular weight is 1240 g/mol. The number of ether oxygens (including phenoxy) is 5. The predicted molar refractivity (Wildman–Crippen MR) is 286 cm³/mol. The first-order valence-corrected chi connectivity index (χ1v) is 24.4. The fourth-order valence-electron chi connectivity index (χ4n) is 8.28. The van der Waals surface area contributed by atoms with Crippen LogP contribution in [0.15, 0.2) is 109 Å². The van der Waals surface area contributed by atoms with Crippen molar-refractivity contribution in [1.82, 2.24) is 0 Å². The largest absolute Gasteiger partial charge is 0.508 e. The molecule has 0 amide bonds. The number of rotatable bonds is 18. The second kappa shape index (κ2) is 27.0. The molecule has 6 aromatic rings. The Balaban J connectivity index is 0.000000246. The molecule has 12 nitrogen and oxygen atoms in total. The maximum absolute atomic E-state index is 11.6. The molecule has 2 saturated heterocycles. The maximum atomic E-state index is 11.6. The second-order valence-corrected chi connectivity index (χ2v) is 19.7. The Kier molecular flexibility index (Phi) is 22.1. The van der Waals surface area contributed by atoms with Crippen LogP contribution in [0, 0.1) is 72.7 Å². The Labute approximate surface area is 461 Å². The van der Waals surface area contributed by atoms with Crippen LogP contribution < -0.4 is 9.47 Å². The van der Waals surface area contributed by atoms with Gasteiger partial charge in [0.2, 0.25) is 0 Å². The van der Waals surface area contributed by atoms with Crippen LogP contribution in [0.1, 0.15) is 110 Å². The van der Waals surface area contributed by atoms with Crippen molar-refractivity contribution in [1.29, 1.82) is 0 Å². The van der Waals surface area contributed by atoms with Crippen molar-refractivity contribution in [3.05, 3.63) is 165 Å². The van der Waals surface area contributed by atoms with E-state index < -0.39 is 17.4 Å². The SMILES string of the molecule is C.Cc1cc(-c2ccc(O)c(C)c2)ccc1O.Cc1cc(C(C)(C)c2ccc(OCC3CO3)c(C)c2)ccc1OCC1CO1.Cc1cc(C(C)(CCCOC(=O)CCC(=O)O)c2ccc(O)c(C)c2)ccc1O.[U]. The molecule has 0 aliphatic carbocycles. The Bertz CT molecular complexity index is 2680. The van der Waals surface area contributed by atoms with Crippen molar-refractivity contribution in [2.45, 2.75) is 118 Å². The number of benzene rings is 6. The Morgan fingerprint density at radius 2 is 0.905 bits per heavy atom. The van der Waals surface area contributed by atoms with Gasteiger partial charge in [0.25, 0.3) is 0 Å². The smallest absolute Gasteiger partial charge is 0.306 e. The fourth-order valence-corrected chi connectivity index (χ4v) is 8.28. The summed E-state index contributed by atoms with van der Waals surface area (Å²) in [5.41, 5.74) is 11.7. The second-order valence-electron chi connectivity index (χ2n) is 19.7. The van der Waals surface area contributed by atoms with Gasteiger partial charge in [-0.1, -0.05) is 88.9 Å². The van der Waals surface area contributed by atoms with Gasteiger partial charge < -0.3 is 49.2 Å². The normalized spacial score (nSPS) is 14.3. The maximum Gasteiger partial charge on any atom is 0.306 e. The van der Waals surface area contributed by atoms with E-state index in [1.807, 2.05) is 76.2 Å². The van der Waals surface area contributed by atoms with Crippen molar-refractivity contribution in [3.63, 3.8) is 0 Å². The monoisotopic (exact) mass is 1240 g/mol. The van der Waals surface area contributed by atoms with Crippen molar-refractivity contribution < 1.29 is 89.9 Å². The van der Waals surface area contributed by atoms with Gasteiger partial charge in [0.1, 0.15) is 59.9 Å². The number of phenolic OH excluding ortho intramolecular Hbond substituents is 4. The third kappa shape index (κ3) is 16.8. The molecule has 2 aliphatic heterocycles. The number of carbonyl (C=O) groups excluding carboxylic acids is 1. The summed E-state index contributed by atoms with van der Waals surface area (Å²) in [6.45, 7) is 21.3. The first kappa shape index (κ1) is 60.6. The molecule has 2 fully saturated rings. The van der Waals surface area contributed by atoms with E-state index in [2.05, 4.69) is 71.0 Å². The molecule has 5 N–H and O–H groups in total. The molecule has 0 aromatic heterocycles. The van der Waals surface area contributed by atoms with Crippen LogP contribution in [0.2, 0.25) is 0 Å². The molecule has 0 radical (unpaired) electrons. The molecule has 6 aromatic carbocycles. The number of esters is 1. The topological polar surface area (TPSA) is 188 Å². The Morgan fingerprint density at radius 1 is 0.541 bits per heavy atom. The fraction of sp³-hybridized carbons (Fsp3) is 0.377. The molecule has 394 valence electrons. The summed E-state index contributed by atoms with van der Waals surface area (Å²) in [7, 11) is 0. The van der Waals surface area contributed by atoms with E-state index in [9.17, 15) is 30.0 Å². The van der Waals surface area contributed by atoms with Crippen molar-refractivity contribution >= 4 is 11.9 Å². The van der Waals surface area contributed by atoms with Gasteiger partial charge in [-0.25, -0.2) is 0 Å². The van der Waals surface area contributed by atoms with Gasteiger partial charge in [0.15, 0.2) is 0 Å². The zero-order valence-electron chi connectivity index (χ0n) is 43.5. The first-order valence-electron chi connectivity index (χ1n) is 24.4. The summed E-state index contributed by atoms with van der Waals surface area (Å²) in [6.07, 6.45) is 1.41. The van der Waals surface area contributed by atoms with E-state index in [4.69, 9.17) is 28.8 Å². The number of epoxide rings is 2. The van der Waals surface area contributed by atoms with Gasteiger partial charge in [-0.2, -0.15) is 0 Å². The Hall–Kier alpha value is -5.97. The molecule has 2 unspecified atom stereocenters. The van der Waals surface area contributed by atoms with Gasteiger partial charge in [-0.15, -0.1) is 0 Å². The van der Waals surface area contributed by atoms with Crippen LogP contribution in [0.5, 0.6) is 34.5 Å². The third-order valence-electron chi connectivity index (χ3n) is 13.5. The molecule has 8 rings (SSSR count). The number of hydrogen-bond acceptors (Lipinski definition) is 11. The van der Waals surface area contributed by atoms with Gasteiger partial charge >= 0.3 is 11.9 Å². The number of aryl methyl sites for hydroxylation is 6. The summed E-state index contributed by atoms with van der Waals surface area (Å²) < 4.78 is 27.3. The summed E-state index contributed by atoms with van der Waals surface area (Å²) >= 11 is 0. The van der Waals surface area contributed by atoms with Gasteiger partial charge in [0, 0.05) is 41.9 Å². The van der Waals surface area contributed by atoms with Crippen LogP contribution in [-0.2, 0) is 34.6 Å². The van der Waals surface area contributed by atoms with Crippen LogP contribution in [0.25, 0.3) is 11.1 Å². The molecule has 74 heavy (non-hydrogen) atoms. The Morgan fingerprint density at radius 3 is 1.26 bits per heavy atom. The quantitative estimate of drug-likeness (QED) is 0.0312. The average Bonchev–Trinajstić information content (AvgIpc) is 4.30. The third-order valence-corrected chi connectivity index (χ3v) is 13.5. The zero-order valence-corrected chi connectivity index (χ0v) is 47.7. The molecule has 13 heteroatoms. The van der Waals surface area contributed by atoms with Crippen molar-refractivity contribution in [2.75, 3.05) is 33.0 Å². The minimum atomic E-state index is -1.03. The molecule has 0 bridgehead atoms. The summed E-state index contributed by atoms with van der Waals surface area (Å²) in [5.74, 6) is 1.39. The molecule has 2 aliphatic rings. The number of hydrogen-bond donors (Lipinski definition) is 5. The van der Waals surface area contributed by atoms with E-state index in [0.29, 0.717) is 37.6 Å². The van der Waals surface area contributed by atoms with E-state index in [0.717, 1.165) is 80.3 Å². The molecule has 2 heterocycles. The number of aromatic hydroxyl groups is 4. The minimum absolute atomic E-state index is 0. The van der Waals surface area contributed by atoms with Crippen LogP contribution in [0.4, 0.5) is 0 Å². The summed E-state index contributed by atoms with van der Waals surface area (Å²) in [6, 6.07) is 34.9. The van der Waals surface area contributed by atoms with E-state index in [1.54, 1.807) is 24.3 Å². The standard InChI is InChI=1S/C23H28O6.C23H28O4.C14H14O2.CH4.U/c1-15-13-17(5-7-19(15)24)23(3,18-6-8-20(25)16(2)14-18)11-4-12-29-22(28)10-9-21(26)27;1-15-9-17(5-7-21(15)26-13-19-11-24-19)23(3,4)18-6-8-22(16(2)10-18)27-14-20-12-25-20;1-9-7-11(3-5-13(9)15)12-4-6-14(16)10(2)8-12;;/h5-8,13-14,24-25H,4,9-12H2,1-3H3,(H,26,27);5-10,19-20H,11-14H2,1-4H3;3-8,15-16H,1-2H3;1H4;. The number of carboxylic acid groups (broad SMARTS) is 1. The molecular weight excluding hydrogens is 1160 g/mol. The number of aliphatic carboxylic acids is 1. The van der Waals surface area contributed by atoms with E-state index in [-0.39, 0.29) is 87.1 Å². The summed E-state index contributed by atoms with van der Waals surface area (Å²) in [5, 5.41) is 47.3. The molecule has 2 atom stereocenters. The van der Waals surface area contributed by atoms with Crippen LogP contribution in [0.3, 0.4) is 0 Å². The predicted octanol–water partition coefficient (Wildman–Crippen LogP) is 12.4. The molecule has 0 spiro atoms. The van der Waals surface area contributed by atoms with Crippen molar-refractivity contribution in [3.8, 4) is 45.6 Å². The molecule has 0 saturated carbocycles. The van der Waals surface area contributed by atoms with Gasteiger partial charge in [-0.05, 0) is 170 Å². The van der Waals surface area contributed by atoms with Gasteiger partial charge in [0.05, 0.1) is 32.7 Å². The van der Waals surface area contributed by atoms with E-state index >= 15 is 0 Å². The van der Waals surface area contributed by atoms with Gasteiger partial charge in [-0.3, -0.25) is 9.59 Å². The number of carboxylic acids is 1. The van der Waals surface area contributed by atoms with Crippen LogP contribution >= 0.6 is 0 Å². The molecular formula is C61H74O12U.